The van der Waals surface area contributed by atoms with Crippen LogP contribution in [0.1, 0.15) is 17.3 Å². The predicted octanol–water partition coefficient (Wildman–Crippen LogP) is 7.06. The van der Waals surface area contributed by atoms with E-state index in [4.69, 9.17) is 9.15 Å². The van der Waals surface area contributed by atoms with Gasteiger partial charge in [0.15, 0.2) is 0 Å². The summed E-state index contributed by atoms with van der Waals surface area (Å²) in [6.45, 7) is 2.80. The molecule has 7 rings (SSSR count). The van der Waals surface area contributed by atoms with E-state index in [2.05, 4.69) is 25.7 Å². The summed E-state index contributed by atoms with van der Waals surface area (Å²) in [5.74, 6) is 0.294. The highest BCUT2D eigenvalue weighted by Gasteiger charge is 2.24. The fraction of sp³-hybridized carbons (Fsp3) is 0.0833. The number of fused-ring (bicyclic) bond motifs is 1. The van der Waals surface area contributed by atoms with E-state index in [0.717, 1.165) is 28.9 Å². The van der Waals surface area contributed by atoms with Crippen molar-refractivity contribution in [3.8, 4) is 39.8 Å². The van der Waals surface area contributed by atoms with Gasteiger partial charge in [0, 0.05) is 48.6 Å². The Morgan fingerprint density at radius 3 is 2.52 bits per heavy atom. The summed E-state index contributed by atoms with van der Waals surface area (Å²) in [7, 11) is 1.84. The summed E-state index contributed by atoms with van der Waals surface area (Å²) in [6, 6.07) is 23.1. The van der Waals surface area contributed by atoms with Gasteiger partial charge in [-0.2, -0.15) is 5.10 Å². The maximum absolute atomic E-state index is 13.4. The normalized spacial score (nSPS) is 11.1. The number of aryl methyl sites for hydroxylation is 1. The minimum Gasteiger partial charge on any atom is -0.438 e. The monoisotopic (exact) mass is 641 g/mol. The summed E-state index contributed by atoms with van der Waals surface area (Å²) in [6.07, 6.45) is 6.49. The molecule has 48 heavy (non-hydrogen) atoms. The minimum absolute atomic E-state index is 0.0688. The molecule has 0 spiro atoms. The van der Waals surface area contributed by atoms with Gasteiger partial charge in [-0.3, -0.25) is 18.8 Å². The Kier molecular flexibility index (Phi) is 7.95. The predicted molar refractivity (Wildman–Crippen MR) is 180 cm³/mol. The average molecular weight is 642 g/mol. The first-order valence-electron chi connectivity index (χ1n) is 15.1. The van der Waals surface area contributed by atoms with Gasteiger partial charge in [-0.15, -0.1) is 0 Å². The topological polar surface area (TPSA) is 129 Å². The van der Waals surface area contributed by atoms with E-state index < -0.39 is 17.3 Å². The van der Waals surface area contributed by atoms with Crippen LogP contribution in [0.2, 0.25) is 0 Å². The summed E-state index contributed by atoms with van der Waals surface area (Å²) < 4.78 is 28.9. The van der Waals surface area contributed by atoms with E-state index >= 15 is 0 Å². The molecule has 0 fully saturated rings. The second-order valence-corrected chi connectivity index (χ2v) is 10.8. The summed E-state index contributed by atoms with van der Waals surface area (Å²) in [5, 5.41) is 11.0. The number of nitrogens with zero attached hydrogens (tertiary/aromatic N) is 5. The highest BCUT2D eigenvalue weighted by molar-refractivity contribution is 6.04. The van der Waals surface area contributed by atoms with Gasteiger partial charge < -0.3 is 19.8 Å². The molecule has 0 unspecified atom stereocenters. The molecule has 3 aromatic carbocycles. The Morgan fingerprint density at radius 2 is 1.77 bits per heavy atom. The van der Waals surface area contributed by atoms with Crippen LogP contribution in [0.5, 0.6) is 11.6 Å². The molecule has 0 bridgehead atoms. The largest absolute Gasteiger partial charge is 0.438 e. The molecule has 11 nitrogen and oxygen atoms in total. The number of benzene rings is 3. The van der Waals surface area contributed by atoms with Crippen LogP contribution in [-0.2, 0) is 7.05 Å². The molecule has 7 aromatic rings. The van der Waals surface area contributed by atoms with Gasteiger partial charge in [0.05, 0.1) is 11.8 Å². The number of carbonyl (C=O) groups is 1. The van der Waals surface area contributed by atoms with Gasteiger partial charge in [-0.25, -0.2) is 14.4 Å². The van der Waals surface area contributed by atoms with E-state index in [1.807, 2.05) is 44.4 Å². The molecule has 0 atom stereocenters. The van der Waals surface area contributed by atoms with E-state index in [1.165, 1.54) is 47.4 Å². The molecule has 0 aliphatic carbocycles. The Morgan fingerprint density at radius 1 is 0.958 bits per heavy atom. The molecule has 0 saturated carbocycles. The van der Waals surface area contributed by atoms with Crippen molar-refractivity contribution in [2.75, 3.05) is 17.2 Å². The second-order valence-electron chi connectivity index (χ2n) is 10.8. The van der Waals surface area contributed by atoms with Crippen LogP contribution in [0.4, 0.5) is 15.8 Å². The average Bonchev–Trinajstić information content (AvgIpc) is 3.71. The van der Waals surface area contributed by atoms with Crippen LogP contribution >= 0.6 is 0 Å². The molecule has 0 saturated heterocycles. The standard InChI is InChI=1S/C36H28FN7O4/c1-3-38-26-7-4-6-22(18-26)30-31-34(39-21-40-35(31)48-32(30)23-19-41-43(2)20-23)47-28-15-11-25(12-16-28)42-33(45)29-8-5-17-44(36(29)46)27-13-9-24(37)10-14-27/h4-21,38H,3H2,1-2H3,(H,42,45). The van der Waals surface area contributed by atoms with Gasteiger partial charge in [-0.05, 0) is 85.3 Å². The number of halogens is 1. The van der Waals surface area contributed by atoms with Crippen molar-refractivity contribution in [1.29, 1.82) is 0 Å². The second kappa shape index (κ2) is 12.7. The SMILES string of the molecule is CCNc1cccc(-c2c(-c3cnn(C)c3)oc3ncnc(Oc4ccc(NC(=O)c5cccn(-c6ccc(F)cc6)c5=O)cc4)c23)c1. The number of nitrogens with one attached hydrogen (secondary N) is 2. The van der Waals surface area contributed by atoms with Crippen molar-refractivity contribution in [1.82, 2.24) is 24.3 Å². The van der Waals surface area contributed by atoms with Crippen molar-refractivity contribution in [2.24, 2.45) is 7.05 Å². The number of ether oxygens (including phenoxy) is 1. The summed E-state index contributed by atoms with van der Waals surface area (Å²) in [5.41, 5.74) is 3.98. The molecule has 0 radical (unpaired) electrons. The first-order chi connectivity index (χ1) is 23.4. The lowest BCUT2D eigenvalue weighted by atomic mass is 10.0. The molecule has 0 aliphatic heterocycles. The quantitative estimate of drug-likeness (QED) is 0.172. The maximum atomic E-state index is 13.4. The van der Waals surface area contributed by atoms with Crippen molar-refractivity contribution < 1.29 is 18.3 Å². The first-order valence-corrected chi connectivity index (χ1v) is 15.1. The molecular formula is C36H28FN7O4. The highest BCUT2D eigenvalue weighted by Crippen LogP contribution is 2.44. The van der Waals surface area contributed by atoms with Crippen molar-refractivity contribution in [2.45, 2.75) is 6.92 Å². The number of hydrogen-bond donors (Lipinski definition) is 2. The molecule has 2 N–H and O–H groups in total. The fourth-order valence-electron chi connectivity index (χ4n) is 5.38. The van der Waals surface area contributed by atoms with Crippen LogP contribution in [0, 0.1) is 5.82 Å². The third-order valence-electron chi connectivity index (χ3n) is 7.58. The lowest BCUT2D eigenvalue weighted by Gasteiger charge is -2.11. The summed E-state index contributed by atoms with van der Waals surface area (Å²) in [4.78, 5) is 35.0. The minimum atomic E-state index is -0.589. The van der Waals surface area contributed by atoms with Crippen LogP contribution in [0.15, 0.2) is 119 Å². The maximum Gasteiger partial charge on any atom is 0.267 e. The number of furan rings is 1. The number of anilines is 2. The lowest BCUT2D eigenvalue weighted by Crippen LogP contribution is -2.27. The zero-order valence-corrected chi connectivity index (χ0v) is 25.8. The Hall–Kier alpha value is -6.56. The summed E-state index contributed by atoms with van der Waals surface area (Å²) >= 11 is 0. The third kappa shape index (κ3) is 5.89. The zero-order chi connectivity index (χ0) is 33.2. The molecule has 12 heteroatoms. The fourth-order valence-corrected chi connectivity index (χ4v) is 5.38. The smallest absolute Gasteiger partial charge is 0.267 e. The molecule has 1 amide bonds. The molecule has 4 heterocycles. The van der Waals surface area contributed by atoms with Crippen LogP contribution in [0.25, 0.3) is 39.2 Å². The number of rotatable bonds is 9. The number of carbonyl (C=O) groups excluding carboxylic acids is 1. The number of hydrogen-bond acceptors (Lipinski definition) is 8. The number of amides is 1. The van der Waals surface area contributed by atoms with E-state index in [1.54, 1.807) is 41.2 Å². The van der Waals surface area contributed by atoms with E-state index in [-0.39, 0.29) is 11.4 Å². The van der Waals surface area contributed by atoms with Crippen molar-refractivity contribution in [3.05, 3.63) is 132 Å². The Labute approximate surface area is 273 Å². The van der Waals surface area contributed by atoms with Gasteiger partial charge in [0.2, 0.25) is 11.6 Å². The Bertz CT molecular complexity index is 2330. The Balaban J connectivity index is 1.18. The lowest BCUT2D eigenvalue weighted by molar-refractivity contribution is 0.102. The van der Waals surface area contributed by atoms with Gasteiger partial charge in [0.1, 0.15) is 34.6 Å². The molecule has 238 valence electrons. The van der Waals surface area contributed by atoms with E-state index in [9.17, 15) is 14.0 Å². The molecule has 0 aliphatic rings. The zero-order valence-electron chi connectivity index (χ0n) is 25.8. The third-order valence-corrected chi connectivity index (χ3v) is 7.58. The highest BCUT2D eigenvalue weighted by atomic mass is 19.1. The van der Waals surface area contributed by atoms with E-state index in [0.29, 0.717) is 34.0 Å². The molecule has 4 aromatic heterocycles. The molecular weight excluding hydrogens is 613 g/mol. The van der Waals surface area contributed by atoms with Crippen LogP contribution < -0.4 is 20.9 Å². The van der Waals surface area contributed by atoms with Gasteiger partial charge in [0.25, 0.3) is 11.5 Å². The number of aromatic nitrogens is 5. The van der Waals surface area contributed by atoms with Crippen LogP contribution in [0.3, 0.4) is 0 Å². The van der Waals surface area contributed by atoms with Gasteiger partial charge in [-0.1, -0.05) is 12.1 Å². The number of pyridine rings is 1. The van der Waals surface area contributed by atoms with Crippen LogP contribution in [-0.4, -0.2) is 36.8 Å². The van der Waals surface area contributed by atoms with Gasteiger partial charge >= 0.3 is 0 Å². The first kappa shape index (κ1) is 30.1. The van der Waals surface area contributed by atoms with Crippen molar-refractivity contribution >= 4 is 28.4 Å². The van der Waals surface area contributed by atoms with Crippen molar-refractivity contribution in [3.63, 3.8) is 0 Å².